The lowest BCUT2D eigenvalue weighted by Crippen LogP contribution is -2.44. The molecule has 0 aromatic rings. The first kappa shape index (κ1) is 15.0. The van der Waals surface area contributed by atoms with E-state index in [0.717, 1.165) is 0 Å². The number of hydrogen-bond donors (Lipinski definition) is 2. The van der Waals surface area contributed by atoms with Crippen LogP contribution in [0.15, 0.2) is 0 Å². The highest BCUT2D eigenvalue weighted by Gasteiger charge is 2.21. The highest BCUT2D eigenvalue weighted by atomic mass is 16.5. The molecule has 1 aliphatic rings. The number of carbonyl (C=O) groups excluding carboxylic acids is 2. The van der Waals surface area contributed by atoms with Crippen molar-refractivity contribution in [3.8, 4) is 0 Å². The molecule has 5 heteroatoms. The van der Waals surface area contributed by atoms with Gasteiger partial charge in [-0.3, -0.25) is 9.59 Å². The topological polar surface area (TPSA) is 81.4 Å². The molecule has 3 N–H and O–H groups in total. The second-order valence-corrected chi connectivity index (χ2v) is 4.87. The monoisotopic (exact) mass is 256 g/mol. The molecule has 0 bridgehead atoms. The molecule has 5 nitrogen and oxygen atoms in total. The Labute approximate surface area is 108 Å². The number of carbonyl (C=O) groups is 2. The minimum absolute atomic E-state index is 0.0922. The Morgan fingerprint density at radius 2 is 2.00 bits per heavy atom. The molecule has 1 fully saturated rings. The smallest absolute Gasteiger partial charge is 0.325 e. The first-order chi connectivity index (χ1) is 8.63. The van der Waals surface area contributed by atoms with E-state index in [9.17, 15) is 9.59 Å². The van der Waals surface area contributed by atoms with Crippen LogP contribution in [-0.4, -0.2) is 31.1 Å². The van der Waals surface area contributed by atoms with Crippen LogP contribution < -0.4 is 11.1 Å². The van der Waals surface area contributed by atoms with Crippen LogP contribution in [0.25, 0.3) is 0 Å². The minimum Gasteiger partial charge on any atom is -0.465 e. The number of amides is 1. The number of esters is 1. The second-order valence-electron chi connectivity index (χ2n) is 4.87. The molecule has 0 aromatic heterocycles. The van der Waals surface area contributed by atoms with E-state index in [-0.39, 0.29) is 12.5 Å². The van der Waals surface area contributed by atoms with Crippen LogP contribution in [0, 0.1) is 5.92 Å². The summed E-state index contributed by atoms with van der Waals surface area (Å²) in [5.41, 5.74) is 5.84. The van der Waals surface area contributed by atoms with Crippen molar-refractivity contribution in [1.82, 2.24) is 5.32 Å². The highest BCUT2D eigenvalue weighted by molar-refractivity contribution is 5.85. The van der Waals surface area contributed by atoms with E-state index in [1.54, 1.807) is 6.92 Å². The van der Waals surface area contributed by atoms with Gasteiger partial charge in [-0.25, -0.2) is 0 Å². The number of nitrogens with two attached hydrogens (primary N) is 1. The number of hydrogen-bond acceptors (Lipinski definition) is 4. The predicted molar refractivity (Wildman–Crippen MR) is 68.8 cm³/mol. The molecule has 0 radical (unpaired) electrons. The van der Waals surface area contributed by atoms with Crippen LogP contribution in [0.3, 0.4) is 0 Å². The lowest BCUT2D eigenvalue weighted by atomic mass is 9.85. The fraction of sp³-hybridized carbons (Fsp3) is 0.846. The van der Waals surface area contributed by atoms with Gasteiger partial charge in [-0.2, -0.15) is 0 Å². The molecule has 1 aliphatic carbocycles. The van der Waals surface area contributed by atoms with Crippen molar-refractivity contribution in [3.05, 3.63) is 0 Å². The molecule has 0 heterocycles. The summed E-state index contributed by atoms with van der Waals surface area (Å²) < 4.78 is 4.73. The summed E-state index contributed by atoms with van der Waals surface area (Å²) in [7, 11) is 0. The Morgan fingerprint density at radius 1 is 1.33 bits per heavy atom. The lowest BCUT2D eigenvalue weighted by molar-refractivity contribution is -0.143. The van der Waals surface area contributed by atoms with E-state index in [2.05, 4.69) is 5.32 Å². The summed E-state index contributed by atoms with van der Waals surface area (Å²) in [4.78, 5) is 22.8. The zero-order valence-corrected chi connectivity index (χ0v) is 11.1. The first-order valence-corrected chi connectivity index (χ1v) is 6.82. The Kier molecular flexibility index (Phi) is 6.72. The van der Waals surface area contributed by atoms with Crippen LogP contribution >= 0.6 is 0 Å². The Bertz CT molecular complexity index is 275. The summed E-state index contributed by atoms with van der Waals surface area (Å²) in [6.07, 6.45) is 6.82. The zero-order chi connectivity index (χ0) is 13.4. The van der Waals surface area contributed by atoms with Gasteiger partial charge in [0, 0.05) is 0 Å². The fourth-order valence-electron chi connectivity index (χ4n) is 2.39. The largest absolute Gasteiger partial charge is 0.465 e. The summed E-state index contributed by atoms with van der Waals surface area (Å²) in [5.74, 6) is -0.119. The summed E-state index contributed by atoms with van der Waals surface area (Å²) in [6, 6.07) is -0.512. The average Bonchev–Trinajstić information content (AvgIpc) is 2.37. The van der Waals surface area contributed by atoms with E-state index in [1.807, 2.05) is 0 Å². The predicted octanol–water partition coefficient (Wildman–Crippen LogP) is 0.963. The highest BCUT2D eigenvalue weighted by Crippen LogP contribution is 2.26. The van der Waals surface area contributed by atoms with Crippen molar-refractivity contribution < 1.29 is 14.3 Å². The summed E-state index contributed by atoms with van der Waals surface area (Å²) >= 11 is 0. The molecular formula is C13H24N2O3. The molecule has 0 aliphatic heterocycles. The molecule has 18 heavy (non-hydrogen) atoms. The van der Waals surface area contributed by atoms with Crippen molar-refractivity contribution >= 4 is 11.9 Å². The molecule has 0 spiro atoms. The third-order valence-electron chi connectivity index (χ3n) is 3.36. The maximum Gasteiger partial charge on any atom is 0.325 e. The maximum absolute atomic E-state index is 11.7. The summed E-state index contributed by atoms with van der Waals surface area (Å²) in [5, 5.41) is 2.52. The van der Waals surface area contributed by atoms with Gasteiger partial charge >= 0.3 is 5.97 Å². The van der Waals surface area contributed by atoms with Crippen molar-refractivity contribution in [3.63, 3.8) is 0 Å². The Morgan fingerprint density at radius 3 is 2.61 bits per heavy atom. The zero-order valence-electron chi connectivity index (χ0n) is 11.1. The van der Waals surface area contributed by atoms with E-state index in [4.69, 9.17) is 10.5 Å². The van der Waals surface area contributed by atoms with Crippen LogP contribution in [0.5, 0.6) is 0 Å². The minimum atomic E-state index is -0.512. The van der Waals surface area contributed by atoms with E-state index < -0.39 is 12.0 Å². The summed E-state index contributed by atoms with van der Waals surface area (Å²) in [6.45, 7) is 1.96. The Balaban J connectivity index is 2.21. The second kappa shape index (κ2) is 8.08. The number of nitrogens with one attached hydrogen (secondary N) is 1. The molecule has 1 unspecified atom stereocenters. The van der Waals surface area contributed by atoms with Crippen molar-refractivity contribution in [2.75, 3.05) is 13.2 Å². The van der Waals surface area contributed by atoms with Gasteiger partial charge in [0.1, 0.15) is 6.54 Å². The van der Waals surface area contributed by atoms with Gasteiger partial charge < -0.3 is 15.8 Å². The lowest BCUT2D eigenvalue weighted by Gasteiger charge is -2.23. The van der Waals surface area contributed by atoms with Crippen molar-refractivity contribution in [1.29, 1.82) is 0 Å². The molecular weight excluding hydrogens is 232 g/mol. The van der Waals surface area contributed by atoms with Crippen LogP contribution in [0.4, 0.5) is 0 Å². The van der Waals surface area contributed by atoms with Gasteiger partial charge in [0.15, 0.2) is 0 Å². The van der Waals surface area contributed by atoms with Gasteiger partial charge in [0.05, 0.1) is 12.6 Å². The number of rotatable bonds is 6. The third kappa shape index (κ3) is 5.49. The molecule has 0 aromatic carbocycles. The SMILES string of the molecule is CCOC(=O)CNC(=O)C(N)CC1CCCCC1. The number of ether oxygens (including phenoxy) is 1. The van der Waals surface area contributed by atoms with Gasteiger partial charge in [-0.05, 0) is 19.3 Å². The quantitative estimate of drug-likeness (QED) is 0.694. The first-order valence-electron chi connectivity index (χ1n) is 6.82. The third-order valence-corrected chi connectivity index (χ3v) is 3.36. The van der Waals surface area contributed by atoms with Gasteiger partial charge in [0.25, 0.3) is 0 Å². The molecule has 1 amide bonds. The van der Waals surface area contributed by atoms with E-state index >= 15 is 0 Å². The van der Waals surface area contributed by atoms with Crippen molar-refractivity contribution in [2.45, 2.75) is 51.5 Å². The fourth-order valence-corrected chi connectivity index (χ4v) is 2.39. The van der Waals surface area contributed by atoms with Crippen LogP contribution in [-0.2, 0) is 14.3 Å². The van der Waals surface area contributed by atoms with E-state index in [0.29, 0.717) is 18.9 Å². The van der Waals surface area contributed by atoms with Gasteiger partial charge in [-0.1, -0.05) is 32.1 Å². The van der Waals surface area contributed by atoms with Gasteiger partial charge in [-0.15, -0.1) is 0 Å². The molecule has 1 atom stereocenters. The normalized spacial score (nSPS) is 18.1. The van der Waals surface area contributed by atoms with Crippen molar-refractivity contribution in [2.24, 2.45) is 11.7 Å². The standard InChI is InChI=1S/C13H24N2O3/c1-2-18-12(16)9-15-13(17)11(14)8-10-6-4-3-5-7-10/h10-11H,2-9,14H2,1H3,(H,15,17). The molecule has 0 saturated heterocycles. The molecule has 1 rings (SSSR count). The molecule has 1 saturated carbocycles. The average molecular weight is 256 g/mol. The van der Waals surface area contributed by atoms with Crippen LogP contribution in [0.2, 0.25) is 0 Å². The Hall–Kier alpha value is -1.10. The van der Waals surface area contributed by atoms with E-state index in [1.165, 1.54) is 32.1 Å². The maximum atomic E-state index is 11.7. The molecule has 104 valence electrons. The van der Waals surface area contributed by atoms with Gasteiger partial charge in [0.2, 0.25) is 5.91 Å². The van der Waals surface area contributed by atoms with Crippen LogP contribution in [0.1, 0.15) is 45.4 Å².